The highest BCUT2D eigenvalue weighted by atomic mass is 16.2. The largest absolute Gasteiger partial charge is 0.338 e. The molecule has 102 valence electrons. The van der Waals surface area contributed by atoms with E-state index in [1.165, 1.54) is 5.56 Å². The van der Waals surface area contributed by atoms with E-state index in [4.69, 9.17) is 0 Å². The van der Waals surface area contributed by atoms with E-state index < -0.39 is 0 Å². The van der Waals surface area contributed by atoms with Crippen LogP contribution in [0.15, 0.2) is 54.6 Å². The monoisotopic (exact) mass is 265 g/mol. The fourth-order valence-corrected chi connectivity index (χ4v) is 2.93. The highest BCUT2D eigenvalue weighted by molar-refractivity contribution is 5.95. The van der Waals surface area contributed by atoms with Gasteiger partial charge < -0.3 is 4.90 Å². The lowest BCUT2D eigenvalue weighted by atomic mass is 9.99. The minimum atomic E-state index is 0.168. The van der Waals surface area contributed by atoms with Crippen molar-refractivity contribution in [3.05, 3.63) is 71.3 Å². The Labute approximate surface area is 120 Å². The molecule has 0 aromatic heterocycles. The third kappa shape index (κ3) is 2.46. The molecule has 0 saturated carbocycles. The molecule has 2 nitrogen and oxygen atoms in total. The van der Waals surface area contributed by atoms with Gasteiger partial charge in [-0.15, -0.1) is 0 Å². The second-order valence-electron chi connectivity index (χ2n) is 5.46. The summed E-state index contributed by atoms with van der Waals surface area (Å²) < 4.78 is 0. The summed E-state index contributed by atoms with van der Waals surface area (Å²) in [5, 5.41) is 0. The molecular formula is C18H19NO. The Balaban J connectivity index is 1.75. The Hall–Kier alpha value is -2.09. The molecule has 3 rings (SSSR count). The van der Waals surface area contributed by atoms with Crippen molar-refractivity contribution in [2.24, 2.45) is 0 Å². The normalized spacial score (nSPS) is 18.2. The van der Waals surface area contributed by atoms with Crippen LogP contribution < -0.4 is 0 Å². The van der Waals surface area contributed by atoms with Gasteiger partial charge in [-0.2, -0.15) is 0 Å². The smallest absolute Gasteiger partial charge is 0.254 e. The van der Waals surface area contributed by atoms with Crippen molar-refractivity contribution in [2.75, 3.05) is 13.1 Å². The fourth-order valence-electron chi connectivity index (χ4n) is 2.93. The van der Waals surface area contributed by atoms with Crippen molar-refractivity contribution in [3.8, 4) is 0 Å². The first-order valence-electron chi connectivity index (χ1n) is 7.15. The van der Waals surface area contributed by atoms with Crippen LogP contribution >= 0.6 is 0 Å². The number of benzene rings is 2. The van der Waals surface area contributed by atoms with Crippen LogP contribution in [-0.2, 0) is 0 Å². The first-order valence-corrected chi connectivity index (χ1v) is 7.15. The number of rotatable bonds is 2. The molecule has 1 atom stereocenters. The molecule has 1 amide bonds. The van der Waals surface area contributed by atoms with Crippen LogP contribution in [0.4, 0.5) is 0 Å². The summed E-state index contributed by atoms with van der Waals surface area (Å²) in [7, 11) is 0. The molecule has 0 bridgehead atoms. The van der Waals surface area contributed by atoms with Crippen LogP contribution in [0.1, 0.15) is 33.8 Å². The van der Waals surface area contributed by atoms with Gasteiger partial charge in [-0.25, -0.2) is 0 Å². The van der Waals surface area contributed by atoms with Crippen LogP contribution in [0, 0.1) is 6.92 Å². The number of likely N-dealkylation sites (tertiary alicyclic amines) is 1. The highest BCUT2D eigenvalue weighted by Crippen LogP contribution is 2.28. The molecule has 0 N–H and O–H groups in total. The topological polar surface area (TPSA) is 20.3 Å². The zero-order chi connectivity index (χ0) is 13.9. The second-order valence-corrected chi connectivity index (χ2v) is 5.46. The second kappa shape index (κ2) is 5.49. The van der Waals surface area contributed by atoms with Crippen molar-refractivity contribution in [1.29, 1.82) is 0 Å². The van der Waals surface area contributed by atoms with E-state index >= 15 is 0 Å². The van der Waals surface area contributed by atoms with E-state index in [-0.39, 0.29) is 5.91 Å². The minimum absolute atomic E-state index is 0.168. The maximum atomic E-state index is 12.6. The third-order valence-electron chi connectivity index (χ3n) is 4.12. The summed E-state index contributed by atoms with van der Waals surface area (Å²) in [6.07, 6.45) is 1.06. The molecule has 0 aliphatic carbocycles. The van der Waals surface area contributed by atoms with E-state index in [9.17, 15) is 4.79 Å². The molecule has 0 unspecified atom stereocenters. The van der Waals surface area contributed by atoms with Crippen molar-refractivity contribution < 1.29 is 4.79 Å². The lowest BCUT2D eigenvalue weighted by molar-refractivity contribution is 0.0790. The first-order chi connectivity index (χ1) is 9.75. The van der Waals surface area contributed by atoms with E-state index in [2.05, 4.69) is 24.3 Å². The highest BCUT2D eigenvalue weighted by Gasteiger charge is 2.28. The summed E-state index contributed by atoms with van der Waals surface area (Å²) in [5.41, 5.74) is 3.23. The molecular weight excluding hydrogens is 246 g/mol. The Morgan fingerprint density at radius 1 is 1.05 bits per heavy atom. The molecule has 20 heavy (non-hydrogen) atoms. The van der Waals surface area contributed by atoms with Crippen molar-refractivity contribution >= 4 is 5.91 Å². The predicted molar refractivity (Wildman–Crippen MR) is 80.9 cm³/mol. The van der Waals surface area contributed by atoms with Gasteiger partial charge in [0.2, 0.25) is 0 Å². The van der Waals surface area contributed by atoms with E-state index in [0.29, 0.717) is 5.92 Å². The lowest BCUT2D eigenvalue weighted by Gasteiger charge is -2.18. The summed E-state index contributed by atoms with van der Waals surface area (Å²) in [4.78, 5) is 14.6. The van der Waals surface area contributed by atoms with Gasteiger partial charge in [0.15, 0.2) is 0 Å². The molecule has 1 aliphatic heterocycles. The molecule has 1 aliphatic rings. The molecule has 1 fully saturated rings. The van der Waals surface area contributed by atoms with Gasteiger partial charge in [0.1, 0.15) is 0 Å². The fraction of sp³-hybridized carbons (Fsp3) is 0.278. The standard InChI is InChI=1S/C18H19NO/c1-14-7-5-6-10-17(14)18(20)19-12-11-16(13-19)15-8-3-2-4-9-15/h2-10,16H,11-13H2,1H3/t16-/m0/s1. The number of carbonyl (C=O) groups excluding carboxylic acids is 1. The first kappa shape index (κ1) is 12.9. The molecule has 0 spiro atoms. The zero-order valence-corrected chi connectivity index (χ0v) is 11.8. The predicted octanol–water partition coefficient (Wildman–Crippen LogP) is 3.62. The number of aryl methyl sites for hydroxylation is 1. The molecule has 2 aromatic rings. The van der Waals surface area contributed by atoms with Gasteiger partial charge in [-0.1, -0.05) is 48.5 Å². The van der Waals surface area contributed by atoms with Crippen LogP contribution in [0.5, 0.6) is 0 Å². The van der Waals surface area contributed by atoms with Gasteiger partial charge >= 0.3 is 0 Å². The Morgan fingerprint density at radius 2 is 1.75 bits per heavy atom. The maximum Gasteiger partial charge on any atom is 0.254 e. The van der Waals surface area contributed by atoms with Crippen LogP contribution in [0.25, 0.3) is 0 Å². The summed E-state index contributed by atoms with van der Waals surface area (Å²) >= 11 is 0. The van der Waals surface area contributed by atoms with Gasteiger partial charge in [0.05, 0.1) is 0 Å². The maximum absolute atomic E-state index is 12.6. The number of carbonyl (C=O) groups is 1. The van der Waals surface area contributed by atoms with Crippen LogP contribution in [-0.4, -0.2) is 23.9 Å². The van der Waals surface area contributed by atoms with E-state index in [1.807, 2.05) is 42.2 Å². The molecule has 2 heteroatoms. The van der Waals surface area contributed by atoms with Gasteiger partial charge in [-0.3, -0.25) is 4.79 Å². The van der Waals surface area contributed by atoms with Crippen LogP contribution in [0.3, 0.4) is 0 Å². The molecule has 0 radical (unpaired) electrons. The van der Waals surface area contributed by atoms with Crippen LogP contribution in [0.2, 0.25) is 0 Å². The summed E-state index contributed by atoms with van der Waals surface area (Å²) in [6, 6.07) is 18.3. The molecule has 1 heterocycles. The van der Waals surface area contributed by atoms with E-state index in [1.54, 1.807) is 0 Å². The quantitative estimate of drug-likeness (QED) is 0.812. The number of hydrogen-bond donors (Lipinski definition) is 0. The van der Waals surface area contributed by atoms with Crippen molar-refractivity contribution in [3.63, 3.8) is 0 Å². The van der Waals surface area contributed by atoms with Crippen molar-refractivity contribution in [2.45, 2.75) is 19.3 Å². The SMILES string of the molecule is Cc1ccccc1C(=O)N1CC[C@H](c2ccccc2)C1. The average molecular weight is 265 g/mol. The van der Waals surface area contributed by atoms with Gasteiger partial charge in [0, 0.05) is 24.6 Å². The lowest BCUT2D eigenvalue weighted by Crippen LogP contribution is -2.29. The Bertz CT molecular complexity index is 606. The van der Waals surface area contributed by atoms with Crippen molar-refractivity contribution in [1.82, 2.24) is 4.90 Å². The van der Waals surface area contributed by atoms with E-state index in [0.717, 1.165) is 30.6 Å². The Morgan fingerprint density at radius 3 is 2.50 bits per heavy atom. The third-order valence-corrected chi connectivity index (χ3v) is 4.12. The van der Waals surface area contributed by atoms with Gasteiger partial charge in [-0.05, 0) is 30.5 Å². The number of amides is 1. The number of nitrogens with zero attached hydrogens (tertiary/aromatic N) is 1. The average Bonchev–Trinajstić information content (AvgIpc) is 2.98. The molecule has 1 saturated heterocycles. The number of hydrogen-bond acceptors (Lipinski definition) is 1. The zero-order valence-electron chi connectivity index (χ0n) is 11.8. The Kier molecular flexibility index (Phi) is 3.55. The summed E-state index contributed by atoms with van der Waals surface area (Å²) in [5.74, 6) is 0.644. The van der Waals surface area contributed by atoms with Gasteiger partial charge in [0.25, 0.3) is 5.91 Å². The molecule has 2 aromatic carbocycles. The minimum Gasteiger partial charge on any atom is -0.338 e. The summed E-state index contributed by atoms with van der Waals surface area (Å²) in [6.45, 7) is 3.68.